The highest BCUT2D eigenvalue weighted by Gasteiger charge is 2.65. The van der Waals surface area contributed by atoms with Gasteiger partial charge in [0.25, 0.3) is 0 Å². The number of aliphatic carboxylic acids is 2. The first-order valence-electron chi connectivity index (χ1n) is 2.36. The molecule has 0 amide bonds. The molecule has 0 aliphatic carbocycles. The summed E-state index contributed by atoms with van der Waals surface area (Å²) >= 11 is 4.16. The molecule has 70 valence electrons. The number of carboxylic acid groups (broad SMARTS) is 2. The first-order chi connectivity index (χ1) is 5.14. The van der Waals surface area contributed by atoms with E-state index in [1.807, 2.05) is 0 Å². The van der Waals surface area contributed by atoms with Gasteiger partial charge in [-0.25, -0.2) is 14.0 Å². The second-order valence-electron chi connectivity index (χ2n) is 1.76. The lowest BCUT2D eigenvalue weighted by Gasteiger charge is -2.19. The predicted octanol–water partition coefficient (Wildman–Crippen LogP) is 0.696. The Hall–Kier alpha value is -0.980. The number of hydrogen-bond donors (Lipinski definition) is 2. The van der Waals surface area contributed by atoms with Crippen molar-refractivity contribution in [1.29, 1.82) is 0 Å². The third kappa shape index (κ3) is 1.45. The summed E-state index contributed by atoms with van der Waals surface area (Å²) in [5.74, 6) is -10.9. The fraction of sp³-hybridized carbons (Fsp3) is 0.500. The van der Waals surface area contributed by atoms with E-state index >= 15 is 0 Å². The molecule has 1 atom stereocenters. The topological polar surface area (TPSA) is 74.6 Å². The smallest absolute Gasteiger partial charge is 0.400 e. The Labute approximate surface area is 68.5 Å². The lowest BCUT2D eigenvalue weighted by molar-refractivity contribution is -0.189. The van der Waals surface area contributed by atoms with E-state index in [4.69, 9.17) is 10.2 Å². The standard InChI is InChI=1S/C4H2ClF3O4/c5-3(6,1(9)10)4(7,8)2(11)12/h(H,9,10)(H,11,12). The van der Waals surface area contributed by atoms with Crippen LogP contribution in [0.5, 0.6) is 0 Å². The van der Waals surface area contributed by atoms with Crippen LogP contribution in [0.2, 0.25) is 0 Å². The monoisotopic (exact) mass is 206 g/mol. The first-order valence-corrected chi connectivity index (χ1v) is 2.74. The number of carboxylic acids is 2. The van der Waals surface area contributed by atoms with Crippen LogP contribution in [0.15, 0.2) is 0 Å². The summed E-state index contributed by atoms with van der Waals surface area (Å²) in [6.07, 6.45) is 0. The maximum atomic E-state index is 12.3. The summed E-state index contributed by atoms with van der Waals surface area (Å²) in [4.78, 5) is 19.4. The van der Waals surface area contributed by atoms with Crippen LogP contribution in [0.25, 0.3) is 0 Å². The maximum absolute atomic E-state index is 12.3. The number of alkyl halides is 4. The molecule has 0 rings (SSSR count). The van der Waals surface area contributed by atoms with E-state index in [2.05, 4.69) is 11.6 Å². The molecule has 0 radical (unpaired) electrons. The highest BCUT2D eigenvalue weighted by molar-refractivity contribution is 6.34. The molecule has 0 aromatic rings. The van der Waals surface area contributed by atoms with Crippen LogP contribution in [0.4, 0.5) is 13.2 Å². The van der Waals surface area contributed by atoms with Gasteiger partial charge in [0.2, 0.25) is 0 Å². The first kappa shape index (κ1) is 11.0. The molecule has 0 aliphatic rings. The van der Waals surface area contributed by atoms with Gasteiger partial charge in [-0.05, 0) is 0 Å². The van der Waals surface area contributed by atoms with Gasteiger partial charge in [0.15, 0.2) is 0 Å². The average Bonchev–Trinajstić information content (AvgIpc) is 1.86. The predicted molar refractivity (Wildman–Crippen MR) is 29.9 cm³/mol. The minimum Gasteiger partial charge on any atom is -0.478 e. The van der Waals surface area contributed by atoms with E-state index in [9.17, 15) is 22.8 Å². The number of hydrogen-bond acceptors (Lipinski definition) is 2. The third-order valence-electron chi connectivity index (χ3n) is 0.932. The van der Waals surface area contributed by atoms with Crippen LogP contribution in [-0.4, -0.2) is 33.2 Å². The molecule has 0 bridgehead atoms. The van der Waals surface area contributed by atoms with E-state index < -0.39 is 23.0 Å². The number of halogens is 4. The van der Waals surface area contributed by atoms with Gasteiger partial charge in [0.05, 0.1) is 0 Å². The van der Waals surface area contributed by atoms with Gasteiger partial charge in [-0.3, -0.25) is 0 Å². The molecule has 0 spiro atoms. The van der Waals surface area contributed by atoms with Crippen LogP contribution < -0.4 is 0 Å². The van der Waals surface area contributed by atoms with Crippen molar-refractivity contribution >= 4 is 23.5 Å². The van der Waals surface area contributed by atoms with E-state index in [0.29, 0.717) is 0 Å². The lowest BCUT2D eigenvalue weighted by atomic mass is 10.2. The van der Waals surface area contributed by atoms with Crippen molar-refractivity contribution in [2.45, 2.75) is 11.1 Å². The Balaban J connectivity index is 5.01. The fourth-order valence-corrected chi connectivity index (χ4v) is 0.349. The molecule has 0 aromatic carbocycles. The summed E-state index contributed by atoms with van der Waals surface area (Å²) in [5.41, 5.74) is 0. The van der Waals surface area contributed by atoms with Crippen molar-refractivity contribution in [2.24, 2.45) is 0 Å². The van der Waals surface area contributed by atoms with Gasteiger partial charge < -0.3 is 10.2 Å². The van der Waals surface area contributed by atoms with Crippen LogP contribution in [0.1, 0.15) is 0 Å². The Bertz CT molecular complexity index is 202. The highest BCUT2D eigenvalue weighted by atomic mass is 35.5. The maximum Gasteiger partial charge on any atom is 0.400 e. The van der Waals surface area contributed by atoms with Crippen LogP contribution >= 0.6 is 11.6 Å². The van der Waals surface area contributed by atoms with Crippen LogP contribution in [-0.2, 0) is 9.59 Å². The van der Waals surface area contributed by atoms with Gasteiger partial charge in [-0.15, -0.1) is 0 Å². The molecule has 0 aliphatic heterocycles. The van der Waals surface area contributed by atoms with Gasteiger partial charge in [-0.1, -0.05) is 11.6 Å². The van der Waals surface area contributed by atoms with Gasteiger partial charge in [-0.2, -0.15) is 8.78 Å². The molecule has 0 fully saturated rings. The molecule has 2 N–H and O–H groups in total. The Morgan fingerprint density at radius 2 is 1.42 bits per heavy atom. The molecular weight excluding hydrogens is 204 g/mol. The molecule has 0 saturated heterocycles. The van der Waals surface area contributed by atoms with Crippen molar-refractivity contribution in [1.82, 2.24) is 0 Å². The van der Waals surface area contributed by atoms with Crippen molar-refractivity contribution in [3.63, 3.8) is 0 Å². The minimum absolute atomic E-state index is 2.75. The van der Waals surface area contributed by atoms with Gasteiger partial charge in [0.1, 0.15) is 0 Å². The molecule has 0 saturated carbocycles. The molecule has 1 unspecified atom stereocenters. The van der Waals surface area contributed by atoms with Crippen LogP contribution in [0, 0.1) is 0 Å². The van der Waals surface area contributed by atoms with Crippen LogP contribution in [0.3, 0.4) is 0 Å². The van der Waals surface area contributed by atoms with Gasteiger partial charge >= 0.3 is 23.0 Å². The zero-order valence-corrected chi connectivity index (χ0v) is 5.98. The van der Waals surface area contributed by atoms with E-state index in [-0.39, 0.29) is 0 Å². The van der Waals surface area contributed by atoms with Gasteiger partial charge in [0, 0.05) is 0 Å². The quantitative estimate of drug-likeness (QED) is 0.667. The van der Waals surface area contributed by atoms with E-state index in [1.54, 1.807) is 0 Å². The summed E-state index contributed by atoms with van der Waals surface area (Å²) in [5, 5.41) is 10.8. The summed E-state index contributed by atoms with van der Waals surface area (Å²) in [6, 6.07) is 0. The molecule has 0 heterocycles. The summed E-state index contributed by atoms with van der Waals surface area (Å²) in [7, 11) is 0. The SMILES string of the molecule is O=C(O)C(F)(F)C(F)(Cl)C(=O)O. The molecule has 0 aromatic heterocycles. The molecular formula is C4H2ClF3O4. The largest absolute Gasteiger partial charge is 0.478 e. The normalized spacial score (nSPS) is 16.7. The molecule has 8 heteroatoms. The Morgan fingerprint density at radius 1 is 1.08 bits per heavy atom. The Morgan fingerprint density at radius 3 is 1.50 bits per heavy atom. The fourth-order valence-electron chi connectivity index (χ4n) is 0.269. The van der Waals surface area contributed by atoms with Crippen molar-refractivity contribution in [3.8, 4) is 0 Å². The summed E-state index contributed by atoms with van der Waals surface area (Å²) in [6.45, 7) is 0. The minimum atomic E-state index is -5.17. The zero-order valence-electron chi connectivity index (χ0n) is 5.22. The van der Waals surface area contributed by atoms with Crippen molar-refractivity contribution in [2.75, 3.05) is 0 Å². The Kier molecular flexibility index (Phi) is 2.58. The lowest BCUT2D eigenvalue weighted by Crippen LogP contribution is -2.51. The number of carbonyl (C=O) groups is 2. The van der Waals surface area contributed by atoms with Crippen molar-refractivity contribution < 1.29 is 33.0 Å². The summed E-state index contributed by atoms with van der Waals surface area (Å²) < 4.78 is 36.5. The average molecular weight is 207 g/mol. The second kappa shape index (κ2) is 2.81. The molecule has 4 nitrogen and oxygen atoms in total. The molecule has 12 heavy (non-hydrogen) atoms. The zero-order chi connectivity index (χ0) is 10.2. The van der Waals surface area contributed by atoms with E-state index in [1.165, 1.54) is 0 Å². The number of rotatable bonds is 3. The van der Waals surface area contributed by atoms with E-state index in [0.717, 1.165) is 0 Å². The van der Waals surface area contributed by atoms with Crippen molar-refractivity contribution in [3.05, 3.63) is 0 Å². The highest BCUT2D eigenvalue weighted by Crippen LogP contribution is 2.36. The second-order valence-corrected chi connectivity index (χ2v) is 2.28. The third-order valence-corrected chi connectivity index (χ3v) is 1.33.